The molecule has 0 saturated carbocycles. The van der Waals surface area contributed by atoms with Gasteiger partial charge in [0.2, 0.25) is 0 Å². The molecule has 0 amide bonds. The minimum atomic E-state index is -1.66. The van der Waals surface area contributed by atoms with Crippen LogP contribution in [0.3, 0.4) is 0 Å². The summed E-state index contributed by atoms with van der Waals surface area (Å²) in [5.41, 5.74) is -1.51. The number of ether oxygens (including phenoxy) is 3. The molecule has 7 nitrogen and oxygen atoms in total. The SMILES string of the molecule is CCCCC/C=C/C1=C(CO)[C@@H]2OC(C)(C)[C@@H](O)C[C@]2(O)[C@@H]2OC(=O)O[C@H]12. The molecule has 1 aliphatic carbocycles. The van der Waals surface area contributed by atoms with Crippen molar-refractivity contribution in [2.75, 3.05) is 6.61 Å². The number of allylic oxidation sites excluding steroid dienone is 1. The second-order valence-electron chi connectivity index (χ2n) is 8.18. The van der Waals surface area contributed by atoms with Crippen molar-refractivity contribution in [3.05, 3.63) is 23.3 Å². The van der Waals surface area contributed by atoms with Crippen LogP contribution in [0.2, 0.25) is 0 Å². The minimum Gasteiger partial charge on any atom is -0.423 e. The largest absolute Gasteiger partial charge is 0.509 e. The Kier molecular flexibility index (Phi) is 5.68. The van der Waals surface area contributed by atoms with E-state index in [1.807, 2.05) is 12.2 Å². The Morgan fingerprint density at radius 3 is 2.67 bits per heavy atom. The van der Waals surface area contributed by atoms with Gasteiger partial charge in [-0.05, 0) is 32.3 Å². The van der Waals surface area contributed by atoms with E-state index >= 15 is 0 Å². The van der Waals surface area contributed by atoms with Crippen molar-refractivity contribution in [3.8, 4) is 0 Å². The Hall–Kier alpha value is -1.41. The standard InChI is InChI=1S/C20H30O7/c1-4-5-6-7-8-9-12-13(11-21)16-20(24,10-14(22)19(2,3)27-16)17-15(12)25-18(23)26-17/h8-9,14-17,21-22,24H,4-7,10-11H2,1-3H3/b9-8+/t14-,15+,16-,17+,20+/m0/s1. The molecule has 3 aliphatic rings. The summed E-state index contributed by atoms with van der Waals surface area (Å²) in [6.07, 6.45) is 3.38. The molecule has 0 bridgehead atoms. The van der Waals surface area contributed by atoms with Crippen LogP contribution < -0.4 is 0 Å². The van der Waals surface area contributed by atoms with Crippen LogP contribution in [-0.4, -0.2) is 63.7 Å². The molecule has 2 fully saturated rings. The van der Waals surface area contributed by atoms with E-state index in [0.717, 1.165) is 25.7 Å². The molecule has 0 aromatic rings. The van der Waals surface area contributed by atoms with Crippen molar-refractivity contribution in [2.24, 2.45) is 0 Å². The first-order valence-electron chi connectivity index (χ1n) is 9.70. The Balaban J connectivity index is 1.99. The highest BCUT2D eigenvalue weighted by Crippen LogP contribution is 2.49. The van der Waals surface area contributed by atoms with Crippen molar-refractivity contribution >= 4 is 6.16 Å². The quantitative estimate of drug-likeness (QED) is 0.476. The van der Waals surface area contributed by atoms with Crippen LogP contribution in [0.15, 0.2) is 23.3 Å². The van der Waals surface area contributed by atoms with Crippen molar-refractivity contribution in [3.63, 3.8) is 0 Å². The number of carbonyl (C=O) groups excluding carboxylic acids is 1. The lowest BCUT2D eigenvalue weighted by atomic mass is 9.68. The van der Waals surface area contributed by atoms with Gasteiger partial charge >= 0.3 is 6.16 Å². The van der Waals surface area contributed by atoms with Gasteiger partial charge in [0.15, 0.2) is 12.2 Å². The summed E-state index contributed by atoms with van der Waals surface area (Å²) in [6, 6.07) is 0. The number of aliphatic hydroxyl groups is 3. The fraction of sp³-hybridized carbons (Fsp3) is 0.750. The zero-order valence-corrected chi connectivity index (χ0v) is 16.2. The number of fused-ring (bicyclic) bond motifs is 3. The number of unbranched alkanes of at least 4 members (excludes halogenated alkanes) is 3. The summed E-state index contributed by atoms with van der Waals surface area (Å²) in [5.74, 6) is 0. The first-order chi connectivity index (χ1) is 12.7. The zero-order chi connectivity index (χ0) is 19.8. The van der Waals surface area contributed by atoms with Crippen LogP contribution >= 0.6 is 0 Å². The van der Waals surface area contributed by atoms with Crippen LogP contribution in [0.25, 0.3) is 0 Å². The molecule has 152 valence electrons. The average Bonchev–Trinajstić information content (AvgIpc) is 3.00. The number of aliphatic hydroxyl groups excluding tert-OH is 2. The molecule has 2 aliphatic heterocycles. The molecule has 0 aromatic heterocycles. The molecule has 0 unspecified atom stereocenters. The lowest BCUT2D eigenvalue weighted by Crippen LogP contribution is -2.69. The van der Waals surface area contributed by atoms with Gasteiger partial charge in [0.25, 0.3) is 0 Å². The summed E-state index contributed by atoms with van der Waals surface area (Å²) in [5, 5.41) is 31.8. The highest BCUT2D eigenvalue weighted by atomic mass is 16.8. The van der Waals surface area contributed by atoms with Crippen LogP contribution in [0, 0.1) is 0 Å². The molecular weight excluding hydrogens is 352 g/mol. The summed E-state index contributed by atoms with van der Waals surface area (Å²) in [6.45, 7) is 5.24. The number of hydrogen-bond acceptors (Lipinski definition) is 7. The lowest BCUT2D eigenvalue weighted by molar-refractivity contribution is -0.267. The summed E-state index contributed by atoms with van der Waals surface area (Å²) in [4.78, 5) is 11.8. The fourth-order valence-corrected chi connectivity index (χ4v) is 4.17. The normalized spacial score (nSPS) is 37.8. The maximum atomic E-state index is 11.8. The molecule has 5 atom stereocenters. The van der Waals surface area contributed by atoms with Crippen LogP contribution in [0.4, 0.5) is 4.79 Å². The molecule has 3 N–H and O–H groups in total. The van der Waals surface area contributed by atoms with Crippen LogP contribution in [0.5, 0.6) is 0 Å². The number of carbonyl (C=O) groups is 1. The second-order valence-corrected chi connectivity index (χ2v) is 8.18. The van der Waals surface area contributed by atoms with E-state index in [1.165, 1.54) is 0 Å². The van der Waals surface area contributed by atoms with Gasteiger partial charge in [0.1, 0.15) is 11.7 Å². The van der Waals surface area contributed by atoms with Crippen LogP contribution in [-0.2, 0) is 14.2 Å². The van der Waals surface area contributed by atoms with Gasteiger partial charge in [0, 0.05) is 12.0 Å². The van der Waals surface area contributed by atoms with Crippen LogP contribution in [0.1, 0.15) is 52.9 Å². The topological polar surface area (TPSA) is 105 Å². The predicted molar refractivity (Wildman–Crippen MR) is 97.1 cm³/mol. The molecule has 0 spiro atoms. The zero-order valence-electron chi connectivity index (χ0n) is 16.2. The van der Waals surface area contributed by atoms with Gasteiger partial charge < -0.3 is 29.5 Å². The number of hydrogen-bond donors (Lipinski definition) is 3. The van der Waals surface area contributed by atoms with E-state index in [0.29, 0.717) is 11.1 Å². The molecule has 3 rings (SSSR count). The Bertz CT molecular complexity index is 638. The highest BCUT2D eigenvalue weighted by molar-refractivity contribution is 5.65. The van der Waals surface area contributed by atoms with Gasteiger partial charge in [-0.3, -0.25) is 0 Å². The van der Waals surface area contributed by atoms with Crippen molar-refractivity contribution in [1.82, 2.24) is 0 Å². The first kappa shape index (κ1) is 20.3. The van der Waals surface area contributed by atoms with E-state index < -0.39 is 41.8 Å². The Morgan fingerprint density at radius 1 is 1.26 bits per heavy atom. The minimum absolute atomic E-state index is 0.0422. The fourth-order valence-electron chi connectivity index (χ4n) is 4.17. The van der Waals surface area contributed by atoms with E-state index in [-0.39, 0.29) is 13.0 Å². The molecule has 2 heterocycles. The summed E-state index contributed by atoms with van der Waals surface area (Å²) >= 11 is 0. The summed E-state index contributed by atoms with van der Waals surface area (Å²) in [7, 11) is 0. The van der Waals surface area contributed by atoms with Gasteiger partial charge in [-0.1, -0.05) is 31.9 Å². The van der Waals surface area contributed by atoms with Gasteiger partial charge in [0.05, 0.1) is 18.3 Å². The maximum Gasteiger partial charge on any atom is 0.509 e. The highest BCUT2D eigenvalue weighted by Gasteiger charge is 2.65. The molecule has 0 radical (unpaired) electrons. The molecule has 7 heteroatoms. The third-order valence-corrected chi connectivity index (χ3v) is 5.85. The van der Waals surface area contributed by atoms with E-state index in [9.17, 15) is 20.1 Å². The van der Waals surface area contributed by atoms with Crippen molar-refractivity contribution in [1.29, 1.82) is 0 Å². The molecular formula is C20H30O7. The van der Waals surface area contributed by atoms with E-state index in [4.69, 9.17) is 14.2 Å². The second kappa shape index (κ2) is 7.54. The smallest absolute Gasteiger partial charge is 0.423 e. The molecule has 27 heavy (non-hydrogen) atoms. The monoisotopic (exact) mass is 382 g/mol. The lowest BCUT2D eigenvalue weighted by Gasteiger charge is -2.53. The molecule has 0 aromatic carbocycles. The van der Waals surface area contributed by atoms with Gasteiger partial charge in [-0.25, -0.2) is 4.79 Å². The van der Waals surface area contributed by atoms with Gasteiger partial charge in [-0.15, -0.1) is 0 Å². The maximum absolute atomic E-state index is 11.8. The average molecular weight is 382 g/mol. The number of rotatable bonds is 6. The van der Waals surface area contributed by atoms with Crippen molar-refractivity contribution < 1.29 is 34.3 Å². The van der Waals surface area contributed by atoms with Gasteiger partial charge in [-0.2, -0.15) is 0 Å². The van der Waals surface area contributed by atoms with Crippen molar-refractivity contribution in [2.45, 2.75) is 88.5 Å². The predicted octanol–water partition coefficient (Wildman–Crippen LogP) is 1.99. The Labute approximate surface area is 159 Å². The van der Waals surface area contributed by atoms with E-state index in [1.54, 1.807) is 13.8 Å². The first-order valence-corrected chi connectivity index (χ1v) is 9.70. The third kappa shape index (κ3) is 3.53. The molecule has 2 saturated heterocycles. The van der Waals surface area contributed by atoms with E-state index in [2.05, 4.69) is 6.92 Å². The third-order valence-electron chi connectivity index (χ3n) is 5.85. The Morgan fingerprint density at radius 2 is 2.00 bits per heavy atom. The summed E-state index contributed by atoms with van der Waals surface area (Å²) < 4.78 is 16.6.